The Balaban J connectivity index is 1.25. The van der Waals surface area contributed by atoms with E-state index in [2.05, 4.69) is 4.90 Å². The Morgan fingerprint density at radius 1 is 1.07 bits per heavy atom. The average molecular weight is 577 g/mol. The molecule has 0 radical (unpaired) electrons. The summed E-state index contributed by atoms with van der Waals surface area (Å²) >= 11 is 0. The average Bonchev–Trinajstić information content (AvgIpc) is 3.42. The number of carbonyl (C=O) groups excluding carboxylic acids is 2. The van der Waals surface area contributed by atoms with Crippen LogP contribution in [0.25, 0.3) is 0 Å². The largest absolute Gasteiger partial charge is 0.473 e. The molecule has 3 aliphatic rings. The fourth-order valence-corrected chi connectivity index (χ4v) is 6.87. The molecule has 0 bridgehead atoms. The van der Waals surface area contributed by atoms with Gasteiger partial charge >= 0.3 is 12.1 Å². The molecule has 1 saturated heterocycles. The number of piperidine rings is 1. The monoisotopic (exact) mass is 576 g/mol. The second-order valence-electron chi connectivity index (χ2n) is 11.9. The van der Waals surface area contributed by atoms with Crippen molar-refractivity contribution in [3.05, 3.63) is 64.5 Å². The zero-order valence-corrected chi connectivity index (χ0v) is 23.6. The number of alkyl halides is 3. The minimum Gasteiger partial charge on any atom is -0.473 e. The lowest BCUT2D eigenvalue weighted by atomic mass is 9.74. The van der Waals surface area contributed by atoms with Crippen LogP contribution in [-0.4, -0.2) is 54.6 Å². The van der Waals surface area contributed by atoms with Crippen molar-refractivity contribution in [1.29, 1.82) is 0 Å². The van der Waals surface area contributed by atoms with Crippen LogP contribution < -0.4 is 4.74 Å². The van der Waals surface area contributed by atoms with Crippen LogP contribution in [0.3, 0.4) is 0 Å². The number of rotatable bonds is 5. The van der Waals surface area contributed by atoms with Crippen LogP contribution in [-0.2, 0) is 22.3 Å². The molecule has 2 aromatic rings. The quantitative estimate of drug-likeness (QED) is 0.305. The molecule has 222 valence electrons. The highest BCUT2D eigenvalue weighted by molar-refractivity contribution is 5.89. The Morgan fingerprint density at radius 3 is 2.46 bits per heavy atom. The Labute approximate surface area is 237 Å². The number of amides is 1. The molecule has 10 heteroatoms. The van der Waals surface area contributed by atoms with E-state index in [9.17, 15) is 27.2 Å². The lowest BCUT2D eigenvalue weighted by molar-refractivity contribution is -0.150. The van der Waals surface area contributed by atoms with Crippen LogP contribution >= 0.6 is 0 Å². The van der Waals surface area contributed by atoms with Gasteiger partial charge in [-0.2, -0.15) is 13.2 Å². The first-order valence-electron chi connectivity index (χ1n) is 14.2. The molecular weight excluding hydrogens is 540 g/mol. The van der Waals surface area contributed by atoms with Crippen molar-refractivity contribution < 1.29 is 36.6 Å². The summed E-state index contributed by atoms with van der Waals surface area (Å²) in [6, 6.07) is 8.00. The second kappa shape index (κ2) is 11.3. The van der Waals surface area contributed by atoms with E-state index in [0.717, 1.165) is 50.0 Å². The van der Waals surface area contributed by atoms with Gasteiger partial charge in [0, 0.05) is 11.6 Å². The minimum absolute atomic E-state index is 0.0168. The first kappa shape index (κ1) is 29.4. The summed E-state index contributed by atoms with van der Waals surface area (Å²) in [7, 11) is 1.27. The summed E-state index contributed by atoms with van der Waals surface area (Å²) in [4.78, 5) is 29.9. The van der Waals surface area contributed by atoms with Crippen molar-refractivity contribution in [2.75, 3.05) is 26.9 Å². The lowest BCUT2D eigenvalue weighted by Gasteiger charge is -2.41. The van der Waals surface area contributed by atoms with Crippen molar-refractivity contribution >= 4 is 11.9 Å². The van der Waals surface area contributed by atoms with Gasteiger partial charge in [-0.25, -0.2) is 9.18 Å². The lowest BCUT2D eigenvalue weighted by Crippen LogP contribution is -2.49. The number of hydrogen-bond donors (Lipinski definition) is 0. The van der Waals surface area contributed by atoms with Gasteiger partial charge in [-0.15, -0.1) is 0 Å². The molecular formula is C31H36F4N2O4. The Hall–Kier alpha value is -3.14. The van der Waals surface area contributed by atoms with Gasteiger partial charge in [0.15, 0.2) is 6.73 Å². The molecule has 0 N–H and O–H groups in total. The summed E-state index contributed by atoms with van der Waals surface area (Å²) < 4.78 is 64.6. The zero-order valence-electron chi connectivity index (χ0n) is 23.6. The number of esters is 1. The van der Waals surface area contributed by atoms with E-state index in [4.69, 9.17) is 9.47 Å². The molecule has 1 amide bonds. The highest BCUT2D eigenvalue weighted by Crippen LogP contribution is 2.49. The van der Waals surface area contributed by atoms with Gasteiger partial charge in [0.1, 0.15) is 11.6 Å². The highest BCUT2D eigenvalue weighted by atomic mass is 19.4. The first-order chi connectivity index (χ1) is 19.4. The van der Waals surface area contributed by atoms with E-state index in [1.54, 1.807) is 11.0 Å². The van der Waals surface area contributed by atoms with Crippen molar-refractivity contribution in [3.63, 3.8) is 0 Å². The number of benzene rings is 2. The van der Waals surface area contributed by atoms with Gasteiger partial charge in [-0.3, -0.25) is 4.79 Å². The summed E-state index contributed by atoms with van der Waals surface area (Å²) in [5.74, 6) is -0.541. The number of halogens is 4. The highest BCUT2D eigenvalue weighted by Gasteiger charge is 2.51. The molecule has 2 heterocycles. The van der Waals surface area contributed by atoms with E-state index in [1.165, 1.54) is 25.3 Å². The molecule has 6 nitrogen and oxygen atoms in total. The number of likely N-dealkylation sites (tertiary alicyclic amines) is 1. The maximum absolute atomic E-state index is 14.2. The van der Waals surface area contributed by atoms with Gasteiger partial charge in [0.05, 0.1) is 30.2 Å². The van der Waals surface area contributed by atoms with Crippen LogP contribution in [0, 0.1) is 17.2 Å². The Morgan fingerprint density at radius 2 is 1.80 bits per heavy atom. The van der Waals surface area contributed by atoms with Crippen LogP contribution in [0.2, 0.25) is 0 Å². The predicted octanol–water partition coefficient (Wildman–Crippen LogP) is 6.38. The summed E-state index contributed by atoms with van der Waals surface area (Å²) in [5.41, 5.74) is -0.0104. The number of nitrogens with zero attached hydrogens (tertiary/aromatic N) is 2. The molecule has 2 atom stereocenters. The van der Waals surface area contributed by atoms with E-state index >= 15 is 0 Å². The summed E-state index contributed by atoms with van der Waals surface area (Å²) in [5, 5.41) is 0. The number of methoxy groups -OCH3 is 1. The van der Waals surface area contributed by atoms with Gasteiger partial charge < -0.3 is 19.3 Å². The maximum atomic E-state index is 14.2. The fraction of sp³-hybridized carbons (Fsp3) is 0.548. The smallest absolute Gasteiger partial charge is 0.416 e. The van der Waals surface area contributed by atoms with E-state index in [0.29, 0.717) is 24.2 Å². The minimum atomic E-state index is -4.47. The zero-order chi connectivity index (χ0) is 29.5. The van der Waals surface area contributed by atoms with Gasteiger partial charge in [0.25, 0.3) is 0 Å². The van der Waals surface area contributed by atoms with Gasteiger partial charge in [-0.05, 0) is 99.0 Å². The van der Waals surface area contributed by atoms with Gasteiger partial charge in [-0.1, -0.05) is 13.8 Å². The Bertz CT molecular complexity index is 1310. The van der Waals surface area contributed by atoms with E-state index in [1.807, 2.05) is 13.8 Å². The molecule has 2 aliphatic heterocycles. The fourth-order valence-electron chi connectivity index (χ4n) is 6.87. The number of carbonyl (C=O) groups is 2. The van der Waals surface area contributed by atoms with Crippen molar-refractivity contribution in [3.8, 4) is 5.75 Å². The van der Waals surface area contributed by atoms with E-state index < -0.39 is 28.9 Å². The molecule has 5 rings (SSSR count). The molecule has 41 heavy (non-hydrogen) atoms. The third kappa shape index (κ3) is 5.80. The molecule has 2 fully saturated rings. The van der Waals surface area contributed by atoms with Crippen LogP contribution in [0.15, 0.2) is 36.4 Å². The molecule has 1 aliphatic carbocycles. The topological polar surface area (TPSA) is 59.1 Å². The maximum Gasteiger partial charge on any atom is 0.416 e. The SMILES string of the molecule is COC(=O)c1cc(F)cc(C2CCN([C@@H]3CC[C@@](C(=O)N4COc5ccc(C(F)(F)F)cc5C4)(C(C)C)C3)CC2)c1. The first-order valence-corrected chi connectivity index (χ1v) is 14.2. The van der Waals surface area contributed by atoms with E-state index in [-0.39, 0.29) is 42.6 Å². The van der Waals surface area contributed by atoms with Crippen molar-refractivity contribution in [2.24, 2.45) is 11.3 Å². The van der Waals surface area contributed by atoms with Crippen LogP contribution in [0.4, 0.5) is 17.6 Å². The number of fused-ring (bicyclic) bond motifs is 1. The molecule has 1 saturated carbocycles. The summed E-state index contributed by atoms with van der Waals surface area (Å²) in [6.07, 6.45) is -0.628. The third-order valence-corrected chi connectivity index (χ3v) is 9.33. The summed E-state index contributed by atoms with van der Waals surface area (Å²) in [6.45, 7) is 5.77. The molecule has 0 unspecified atom stereocenters. The standard InChI is InChI=1S/C31H36F4N2O4/c1-19(2)30(29(39)37-17-23-13-24(31(33,34)35)4-5-27(23)41-18-37)9-6-26(16-30)36-10-7-20(8-11-36)21-12-22(28(38)40-3)15-25(32)14-21/h4-5,12-15,19-20,26H,6-11,16-18H2,1-3H3/t26-,30+/m1/s1. The van der Waals surface area contributed by atoms with Crippen LogP contribution in [0.1, 0.15) is 78.9 Å². The van der Waals surface area contributed by atoms with Gasteiger partial charge in [0.2, 0.25) is 5.91 Å². The molecule has 0 spiro atoms. The van der Waals surface area contributed by atoms with Crippen molar-refractivity contribution in [2.45, 2.75) is 70.6 Å². The van der Waals surface area contributed by atoms with Crippen molar-refractivity contribution in [1.82, 2.24) is 9.80 Å². The Kier molecular flexibility index (Phi) is 8.07. The molecule has 2 aromatic carbocycles. The number of hydrogen-bond acceptors (Lipinski definition) is 5. The molecule has 0 aromatic heterocycles. The second-order valence-corrected chi connectivity index (χ2v) is 11.9. The normalized spacial score (nSPS) is 23.8. The third-order valence-electron chi connectivity index (χ3n) is 9.33. The predicted molar refractivity (Wildman–Crippen MR) is 144 cm³/mol. The van der Waals surface area contributed by atoms with Crippen LogP contribution in [0.5, 0.6) is 5.75 Å². The number of ether oxygens (including phenoxy) is 2.